The summed E-state index contributed by atoms with van der Waals surface area (Å²) in [5, 5.41) is 6.04. The average Bonchev–Trinajstić information content (AvgIpc) is 3.60. The number of hydrogen-bond acceptors (Lipinski definition) is 9. The number of likely N-dealkylation sites (N-methyl/N-ethyl adjacent to an activating group) is 1. The molecule has 0 aliphatic carbocycles. The van der Waals surface area contributed by atoms with E-state index in [-0.39, 0.29) is 30.1 Å². The molecule has 2 heterocycles. The van der Waals surface area contributed by atoms with Gasteiger partial charge in [-0.25, -0.2) is 24.4 Å². The minimum absolute atomic E-state index is 0.0243. The zero-order chi connectivity index (χ0) is 39.8. The van der Waals surface area contributed by atoms with Crippen LogP contribution in [0.2, 0.25) is 0 Å². The molecule has 1 saturated heterocycles. The van der Waals surface area contributed by atoms with Gasteiger partial charge in [-0.2, -0.15) is 0 Å². The normalized spacial score (nSPS) is 13.3. The first kappa shape index (κ1) is 42.7. The number of para-hydroxylation sites is 1. The van der Waals surface area contributed by atoms with Crippen molar-refractivity contribution in [3.05, 3.63) is 96.3 Å². The Balaban J connectivity index is 0.000000560. The van der Waals surface area contributed by atoms with Crippen LogP contribution in [0.15, 0.2) is 84.2 Å². The first-order valence-corrected chi connectivity index (χ1v) is 17.8. The molecule has 1 fully saturated rings. The highest BCUT2D eigenvalue weighted by atomic mass is 19.1. The van der Waals surface area contributed by atoms with Gasteiger partial charge in [0.2, 0.25) is 18.2 Å². The van der Waals surface area contributed by atoms with E-state index in [0.29, 0.717) is 55.6 Å². The Labute approximate surface area is 318 Å². The Kier molecular flexibility index (Phi) is 16.6. The third kappa shape index (κ3) is 11.6. The van der Waals surface area contributed by atoms with Crippen LogP contribution in [0.25, 0.3) is 0 Å². The fourth-order valence-corrected chi connectivity index (χ4v) is 5.68. The molecule has 290 valence electrons. The number of ether oxygens (including phenoxy) is 2. The van der Waals surface area contributed by atoms with Gasteiger partial charge in [0.25, 0.3) is 0 Å². The Morgan fingerprint density at radius 2 is 1.69 bits per heavy atom. The molecule has 54 heavy (non-hydrogen) atoms. The van der Waals surface area contributed by atoms with Crippen molar-refractivity contribution in [1.82, 2.24) is 24.5 Å². The van der Waals surface area contributed by atoms with Crippen LogP contribution in [0.1, 0.15) is 39.0 Å². The number of halogens is 1. The summed E-state index contributed by atoms with van der Waals surface area (Å²) in [6.45, 7) is 11.5. The Bertz CT molecular complexity index is 1840. The van der Waals surface area contributed by atoms with Crippen LogP contribution in [0, 0.1) is 12.7 Å². The molecule has 13 nitrogen and oxygen atoms in total. The number of carbonyl (C=O) groups excluding carboxylic acids is 3. The van der Waals surface area contributed by atoms with Crippen molar-refractivity contribution in [2.24, 2.45) is 12.0 Å². The van der Waals surface area contributed by atoms with Crippen LogP contribution in [0.4, 0.5) is 21.5 Å². The quantitative estimate of drug-likeness (QED) is 0.115. The molecule has 1 atom stereocenters. The number of hydrogen-bond donors (Lipinski definition) is 1. The van der Waals surface area contributed by atoms with E-state index in [1.807, 2.05) is 110 Å². The Morgan fingerprint density at radius 3 is 2.24 bits per heavy atom. The molecule has 14 heteroatoms. The molecule has 5 rings (SSSR count). The Hall–Kier alpha value is -5.76. The highest BCUT2D eigenvalue weighted by Crippen LogP contribution is 2.33. The molecule has 1 unspecified atom stereocenters. The molecule has 0 bridgehead atoms. The van der Waals surface area contributed by atoms with E-state index < -0.39 is 0 Å². The molecule has 3 amide bonds. The highest BCUT2D eigenvalue weighted by molar-refractivity contribution is 6.02. The van der Waals surface area contributed by atoms with Crippen LogP contribution >= 0.6 is 0 Å². The summed E-state index contributed by atoms with van der Waals surface area (Å²) in [5.74, 6) is 1.47. The number of methoxy groups -OCH3 is 2. The van der Waals surface area contributed by atoms with Gasteiger partial charge in [0, 0.05) is 65.1 Å². The van der Waals surface area contributed by atoms with Crippen molar-refractivity contribution in [1.29, 1.82) is 0 Å². The van der Waals surface area contributed by atoms with E-state index in [1.54, 1.807) is 32.5 Å². The van der Waals surface area contributed by atoms with E-state index in [1.165, 1.54) is 24.3 Å². The van der Waals surface area contributed by atoms with Crippen molar-refractivity contribution >= 4 is 41.1 Å². The number of rotatable bonds is 11. The number of aryl methyl sites for hydroxylation is 2. The van der Waals surface area contributed by atoms with Crippen molar-refractivity contribution in [2.45, 2.75) is 47.1 Å². The summed E-state index contributed by atoms with van der Waals surface area (Å²) in [4.78, 5) is 49.4. The van der Waals surface area contributed by atoms with E-state index in [9.17, 15) is 18.8 Å². The maximum Gasteiger partial charge on any atom is 0.239 e. The van der Waals surface area contributed by atoms with E-state index >= 15 is 0 Å². The molecule has 1 aliphatic rings. The average molecular weight is 745 g/mol. The van der Waals surface area contributed by atoms with Crippen LogP contribution < -0.4 is 19.7 Å². The van der Waals surface area contributed by atoms with Gasteiger partial charge in [-0.3, -0.25) is 14.4 Å². The number of amides is 3. The maximum absolute atomic E-state index is 13.3. The van der Waals surface area contributed by atoms with Crippen molar-refractivity contribution in [3.8, 4) is 11.5 Å². The number of amidine groups is 1. The van der Waals surface area contributed by atoms with Crippen molar-refractivity contribution < 1.29 is 28.2 Å². The predicted octanol–water partition coefficient (Wildman–Crippen LogP) is 5.87. The fraction of sp³-hybridized carbons (Fsp3) is 0.375. The van der Waals surface area contributed by atoms with Crippen LogP contribution in [0.3, 0.4) is 0 Å². The van der Waals surface area contributed by atoms with E-state index in [0.717, 1.165) is 22.6 Å². The van der Waals surface area contributed by atoms with E-state index in [4.69, 9.17) is 14.5 Å². The van der Waals surface area contributed by atoms with Gasteiger partial charge in [-0.1, -0.05) is 32.0 Å². The summed E-state index contributed by atoms with van der Waals surface area (Å²) in [5.41, 5.74) is 3.95. The number of benzene rings is 3. The van der Waals surface area contributed by atoms with Gasteiger partial charge in [-0.15, -0.1) is 0 Å². The Morgan fingerprint density at radius 1 is 1.02 bits per heavy atom. The number of nitrogens with one attached hydrogen (secondary N) is 1. The second kappa shape index (κ2) is 21.1. The van der Waals surface area contributed by atoms with Gasteiger partial charge < -0.3 is 29.2 Å². The van der Waals surface area contributed by atoms with Crippen LogP contribution in [0.5, 0.6) is 11.5 Å². The topological polar surface area (TPSA) is 125 Å². The smallest absolute Gasteiger partial charge is 0.239 e. The molecule has 1 aromatic heterocycles. The van der Waals surface area contributed by atoms with E-state index in [2.05, 4.69) is 10.3 Å². The minimum atomic E-state index is -0.334. The standard InChI is InChI=1S/C31H41N7O4.C7H6FNO.C2H6/c1-22-10-8-9-11-27(22)33-31(23(2)35(5)28-13-12-26(41-6)19-29(28)42-7)38(24(3)39)37-16-14-36(15-17-37)30(40)18-25-20-34(4)21-32-25;8-6-1-3-7(4-2-6)9-5-10;1-2/h8-13,19-21,23H,14-18H2,1-7H3;1-5H,(H,9,10);1-2H3. The summed E-state index contributed by atoms with van der Waals surface area (Å²) >= 11 is 0. The lowest BCUT2D eigenvalue weighted by atomic mass is 10.1. The fourth-order valence-electron chi connectivity index (χ4n) is 5.68. The largest absolute Gasteiger partial charge is 0.497 e. The first-order valence-electron chi connectivity index (χ1n) is 17.8. The molecule has 0 spiro atoms. The summed E-state index contributed by atoms with van der Waals surface area (Å²) in [7, 11) is 7.07. The summed E-state index contributed by atoms with van der Waals surface area (Å²) < 4.78 is 25.1. The third-order valence-electron chi connectivity index (χ3n) is 8.64. The number of carbonyl (C=O) groups is 3. The van der Waals surface area contributed by atoms with Gasteiger partial charge >= 0.3 is 0 Å². The lowest BCUT2D eigenvalue weighted by Gasteiger charge is -2.43. The van der Waals surface area contributed by atoms with Crippen molar-refractivity contribution in [3.63, 3.8) is 0 Å². The van der Waals surface area contributed by atoms with Gasteiger partial charge in [0.15, 0.2) is 0 Å². The molecular formula is C40H53FN8O5. The lowest BCUT2D eigenvalue weighted by molar-refractivity contribution is -0.143. The number of aliphatic imine (C=N–C) groups is 1. The molecule has 0 saturated carbocycles. The number of piperazine rings is 1. The number of hydrazine groups is 1. The second-order valence-electron chi connectivity index (χ2n) is 12.2. The van der Waals surface area contributed by atoms with Gasteiger partial charge in [0.1, 0.15) is 23.2 Å². The zero-order valence-electron chi connectivity index (χ0n) is 32.7. The van der Waals surface area contributed by atoms with Gasteiger partial charge in [-0.05, 0) is 61.9 Å². The van der Waals surface area contributed by atoms with Crippen molar-refractivity contribution in [2.75, 3.05) is 57.7 Å². The highest BCUT2D eigenvalue weighted by Gasteiger charge is 2.33. The van der Waals surface area contributed by atoms with Crippen LogP contribution in [-0.4, -0.2) is 102 Å². The van der Waals surface area contributed by atoms with Gasteiger partial charge in [0.05, 0.1) is 50.1 Å². The number of aromatic nitrogens is 2. The first-order chi connectivity index (χ1) is 25.9. The second-order valence-corrected chi connectivity index (χ2v) is 12.2. The molecule has 1 aliphatic heterocycles. The maximum atomic E-state index is 13.3. The molecule has 3 aromatic carbocycles. The molecule has 0 radical (unpaired) electrons. The predicted molar refractivity (Wildman–Crippen MR) is 211 cm³/mol. The summed E-state index contributed by atoms with van der Waals surface area (Å²) in [6, 6.07) is 18.7. The number of anilines is 2. The summed E-state index contributed by atoms with van der Waals surface area (Å²) in [6.07, 6.45) is 4.35. The third-order valence-corrected chi connectivity index (χ3v) is 8.64. The molecule has 4 aromatic rings. The number of nitrogens with zero attached hydrogens (tertiary/aromatic N) is 7. The molecule has 1 N–H and O–H groups in total. The lowest BCUT2D eigenvalue weighted by Crippen LogP contribution is -2.61. The zero-order valence-corrected chi connectivity index (χ0v) is 32.7. The minimum Gasteiger partial charge on any atom is -0.497 e. The molecular weight excluding hydrogens is 691 g/mol. The monoisotopic (exact) mass is 744 g/mol. The number of imidazole rings is 1. The van der Waals surface area contributed by atoms with Crippen LogP contribution in [-0.2, 0) is 27.9 Å². The SMILES string of the molecule is CC.COc1ccc(N(C)C(C)C(=Nc2ccccc2C)N(C(C)=O)N2CCN(C(=O)Cc3cn(C)cn3)CC2)c(OC)c1.O=CNc1ccc(F)cc1.